The minimum atomic E-state index is -2.80. The summed E-state index contributed by atoms with van der Waals surface area (Å²) in [6, 6.07) is 6.75. The summed E-state index contributed by atoms with van der Waals surface area (Å²) in [5, 5.41) is 10.8. The third-order valence-electron chi connectivity index (χ3n) is 6.05. The lowest BCUT2D eigenvalue weighted by Gasteiger charge is -2.16. The highest BCUT2D eigenvalue weighted by Gasteiger charge is 2.51. The van der Waals surface area contributed by atoms with Gasteiger partial charge in [-0.25, -0.2) is 13.8 Å². The summed E-state index contributed by atoms with van der Waals surface area (Å²) in [7, 11) is 0. The molecule has 0 atom stereocenters. The van der Waals surface area contributed by atoms with Gasteiger partial charge in [0.1, 0.15) is 11.2 Å². The first-order valence-corrected chi connectivity index (χ1v) is 10.1. The van der Waals surface area contributed by atoms with Gasteiger partial charge in [-0.05, 0) is 50.5 Å². The van der Waals surface area contributed by atoms with Gasteiger partial charge >= 0.3 is 0 Å². The van der Waals surface area contributed by atoms with Crippen molar-refractivity contribution in [3.63, 3.8) is 0 Å². The van der Waals surface area contributed by atoms with Gasteiger partial charge in [0.25, 0.3) is 6.43 Å². The first-order valence-electron chi connectivity index (χ1n) is 10.1. The van der Waals surface area contributed by atoms with Crippen LogP contribution >= 0.6 is 0 Å². The molecule has 7 nitrogen and oxygen atoms in total. The average molecular weight is 438 g/mol. The molecule has 1 aliphatic carbocycles. The van der Waals surface area contributed by atoms with E-state index in [-0.39, 0.29) is 11.3 Å². The van der Waals surface area contributed by atoms with Crippen LogP contribution in [0.25, 0.3) is 33.3 Å². The topological polar surface area (TPSA) is 115 Å². The van der Waals surface area contributed by atoms with E-state index in [2.05, 4.69) is 15.0 Å². The van der Waals surface area contributed by atoms with Gasteiger partial charge in [-0.3, -0.25) is 14.8 Å². The summed E-state index contributed by atoms with van der Waals surface area (Å²) >= 11 is 0. The number of primary amides is 1. The first kappa shape index (κ1) is 20.4. The van der Waals surface area contributed by atoms with E-state index in [1.54, 1.807) is 38.1 Å². The van der Waals surface area contributed by atoms with Gasteiger partial charge in [0.15, 0.2) is 5.58 Å². The van der Waals surface area contributed by atoms with Gasteiger partial charge < -0.3 is 15.3 Å². The Morgan fingerprint density at radius 1 is 1.19 bits per heavy atom. The zero-order chi connectivity index (χ0) is 22.8. The van der Waals surface area contributed by atoms with E-state index in [0.29, 0.717) is 46.1 Å². The summed E-state index contributed by atoms with van der Waals surface area (Å²) in [6.07, 6.45) is 0.917. The molecular formula is C23H20F2N4O3. The fourth-order valence-corrected chi connectivity index (χ4v) is 3.94. The lowest BCUT2D eigenvalue weighted by Crippen LogP contribution is -2.29. The Morgan fingerprint density at radius 2 is 1.94 bits per heavy atom. The third-order valence-corrected chi connectivity index (χ3v) is 6.05. The molecule has 1 fully saturated rings. The number of pyridine rings is 2. The number of rotatable bonds is 5. The van der Waals surface area contributed by atoms with Crippen molar-refractivity contribution in [2.75, 3.05) is 0 Å². The molecule has 0 bridgehead atoms. The van der Waals surface area contributed by atoms with Gasteiger partial charge in [-0.15, -0.1) is 0 Å². The number of benzene rings is 1. The van der Waals surface area contributed by atoms with Crippen LogP contribution in [0.3, 0.4) is 0 Å². The Balaban J connectivity index is 1.73. The number of carbonyl (C=O) groups is 1. The maximum atomic E-state index is 13.6. The number of halogens is 2. The van der Waals surface area contributed by atoms with Crippen molar-refractivity contribution in [1.82, 2.24) is 15.0 Å². The van der Waals surface area contributed by atoms with Gasteiger partial charge in [0, 0.05) is 23.2 Å². The highest BCUT2D eigenvalue weighted by molar-refractivity contribution is 5.98. The molecule has 1 saturated carbocycles. The van der Waals surface area contributed by atoms with Crippen LogP contribution in [-0.4, -0.2) is 26.0 Å². The molecule has 0 radical (unpaired) electrons. The predicted octanol–water partition coefficient (Wildman–Crippen LogP) is 4.12. The van der Waals surface area contributed by atoms with Crippen molar-refractivity contribution in [3.8, 4) is 11.5 Å². The van der Waals surface area contributed by atoms with Crippen LogP contribution in [-0.2, 0) is 15.8 Å². The monoisotopic (exact) mass is 438 g/mol. The number of alkyl halides is 2. The Bertz CT molecular complexity index is 1390. The first-order chi connectivity index (χ1) is 15.1. The molecule has 3 heterocycles. The molecule has 3 aromatic heterocycles. The molecule has 0 spiro atoms. The van der Waals surface area contributed by atoms with Gasteiger partial charge in [0.2, 0.25) is 11.8 Å². The molecule has 0 unspecified atom stereocenters. The van der Waals surface area contributed by atoms with Crippen molar-refractivity contribution in [3.05, 3.63) is 53.6 Å². The van der Waals surface area contributed by atoms with E-state index in [1.807, 2.05) is 0 Å². The molecule has 1 amide bonds. The number of hydrogen-bond acceptors (Lipinski definition) is 6. The zero-order valence-electron chi connectivity index (χ0n) is 17.4. The Hall–Kier alpha value is -3.46. The van der Waals surface area contributed by atoms with Crippen LogP contribution < -0.4 is 5.73 Å². The predicted molar refractivity (Wildman–Crippen MR) is 113 cm³/mol. The van der Waals surface area contributed by atoms with Crippen LogP contribution in [0.1, 0.15) is 50.1 Å². The largest absolute Gasteiger partial charge is 0.436 e. The van der Waals surface area contributed by atoms with Gasteiger partial charge in [-0.2, -0.15) is 0 Å². The molecule has 164 valence electrons. The normalized spacial score (nSPS) is 15.6. The van der Waals surface area contributed by atoms with Gasteiger partial charge in [-0.1, -0.05) is 6.07 Å². The molecule has 4 aromatic rings. The second-order valence-electron chi connectivity index (χ2n) is 8.68. The van der Waals surface area contributed by atoms with Crippen LogP contribution in [0.2, 0.25) is 0 Å². The number of carbonyl (C=O) groups excluding carboxylic acids is 1. The molecular weight excluding hydrogens is 418 g/mol. The van der Waals surface area contributed by atoms with Crippen LogP contribution in [0.4, 0.5) is 8.78 Å². The highest BCUT2D eigenvalue weighted by Crippen LogP contribution is 2.48. The maximum Gasteiger partial charge on any atom is 0.281 e. The SMILES string of the molecule is CC(C)(O)c1ccc2oc(-c3cnc(C(F)F)c4cnc(C5(C(N)=O)CC5)cc34)nc2c1. The van der Waals surface area contributed by atoms with Crippen molar-refractivity contribution in [2.45, 2.75) is 44.1 Å². The van der Waals surface area contributed by atoms with Crippen molar-refractivity contribution in [2.24, 2.45) is 5.73 Å². The zero-order valence-corrected chi connectivity index (χ0v) is 17.4. The summed E-state index contributed by atoms with van der Waals surface area (Å²) in [5.41, 5.74) is 5.71. The summed E-state index contributed by atoms with van der Waals surface area (Å²) in [5.74, 6) is -0.303. The molecule has 0 aliphatic heterocycles. The molecule has 1 aliphatic rings. The average Bonchev–Trinajstić information content (AvgIpc) is 3.45. The van der Waals surface area contributed by atoms with Crippen LogP contribution in [0, 0.1) is 0 Å². The van der Waals surface area contributed by atoms with E-state index in [1.165, 1.54) is 12.4 Å². The third kappa shape index (κ3) is 3.12. The van der Waals surface area contributed by atoms with E-state index in [9.17, 15) is 18.7 Å². The molecule has 1 aromatic carbocycles. The number of hydrogen-bond donors (Lipinski definition) is 2. The number of nitrogens with two attached hydrogens (primary N) is 1. The summed E-state index contributed by atoms with van der Waals surface area (Å²) in [6.45, 7) is 3.33. The molecule has 3 N–H and O–H groups in total. The van der Waals surface area contributed by atoms with E-state index in [4.69, 9.17) is 10.2 Å². The Labute approximate surface area is 181 Å². The number of oxazole rings is 1. The summed E-state index contributed by atoms with van der Waals surface area (Å²) in [4.78, 5) is 24.7. The molecule has 5 rings (SSSR count). The number of nitrogens with zero attached hydrogens (tertiary/aromatic N) is 3. The van der Waals surface area contributed by atoms with Crippen molar-refractivity contribution < 1.29 is 23.1 Å². The van der Waals surface area contributed by atoms with Crippen LogP contribution in [0.5, 0.6) is 0 Å². The Morgan fingerprint density at radius 3 is 2.56 bits per heavy atom. The van der Waals surface area contributed by atoms with E-state index in [0.717, 1.165) is 0 Å². The lowest BCUT2D eigenvalue weighted by molar-refractivity contribution is -0.120. The van der Waals surface area contributed by atoms with Crippen molar-refractivity contribution in [1.29, 1.82) is 0 Å². The lowest BCUT2D eigenvalue weighted by atomic mass is 9.97. The quantitative estimate of drug-likeness (QED) is 0.484. The molecule has 9 heteroatoms. The minimum absolute atomic E-state index is 0.154. The smallest absolute Gasteiger partial charge is 0.281 e. The second kappa shape index (κ2) is 6.77. The number of amides is 1. The fourth-order valence-electron chi connectivity index (χ4n) is 3.94. The van der Waals surface area contributed by atoms with Crippen LogP contribution in [0.15, 0.2) is 41.1 Å². The molecule has 32 heavy (non-hydrogen) atoms. The van der Waals surface area contributed by atoms with Crippen molar-refractivity contribution >= 4 is 27.8 Å². The number of aromatic nitrogens is 3. The Kier molecular flexibility index (Phi) is 4.32. The van der Waals surface area contributed by atoms with E-state index < -0.39 is 29.0 Å². The molecule has 0 saturated heterocycles. The highest BCUT2D eigenvalue weighted by atomic mass is 19.3. The number of aliphatic hydroxyl groups is 1. The van der Waals surface area contributed by atoms with Gasteiger partial charge in [0.05, 0.1) is 22.3 Å². The number of fused-ring (bicyclic) bond motifs is 2. The summed E-state index contributed by atoms with van der Waals surface area (Å²) < 4.78 is 33.1. The second-order valence-corrected chi connectivity index (χ2v) is 8.68. The van der Waals surface area contributed by atoms with E-state index >= 15 is 0 Å². The standard InChI is InChI=1S/C23H20F2N4O3/c1-22(2,31)11-3-4-16-15(7-11)29-20(32-16)14-10-28-18(19(24)25)13-9-27-17(8-12(13)14)23(5-6-23)21(26)30/h3-4,7-10,19,31H,5-6H2,1-2H3,(H2,26,30). The maximum absolute atomic E-state index is 13.6. The minimum Gasteiger partial charge on any atom is -0.436 e. The fraction of sp³-hybridized carbons (Fsp3) is 0.304.